The van der Waals surface area contributed by atoms with Crippen LogP contribution in [0.5, 0.6) is 0 Å². The second-order valence-corrected chi connectivity index (χ2v) is 9.23. The number of carbonyl (C=O) groups is 3. The lowest BCUT2D eigenvalue weighted by Gasteiger charge is -2.27. The third kappa shape index (κ3) is 9.08. The van der Waals surface area contributed by atoms with Crippen LogP contribution in [0.2, 0.25) is 0 Å². The van der Waals surface area contributed by atoms with Crippen molar-refractivity contribution in [3.05, 3.63) is 0 Å². The highest BCUT2D eigenvalue weighted by atomic mass is 32.2. The van der Waals surface area contributed by atoms with Crippen molar-refractivity contribution in [2.45, 2.75) is 70.5 Å². The fraction of sp³-hybridized carbons (Fsp3) is 0.812. The lowest BCUT2D eigenvalue weighted by atomic mass is 10.0. The van der Waals surface area contributed by atoms with E-state index in [0.717, 1.165) is 0 Å². The quantitative estimate of drug-likeness (QED) is 0.361. The highest BCUT2D eigenvalue weighted by Crippen LogP contribution is 2.23. The summed E-state index contributed by atoms with van der Waals surface area (Å²) in [5.74, 6) is -1.69. The molecule has 146 valence electrons. The number of carbonyl (C=O) groups excluding carboxylic acids is 3. The molecule has 0 rings (SSSR count). The van der Waals surface area contributed by atoms with Crippen molar-refractivity contribution < 1.29 is 19.5 Å². The van der Waals surface area contributed by atoms with Crippen LogP contribution in [0, 0.1) is 5.92 Å². The Labute approximate surface area is 153 Å². The molecule has 0 heterocycles. The predicted octanol–water partition coefficient (Wildman–Crippen LogP) is -0.663. The Hall–Kier alpha value is -1.32. The Kier molecular flexibility index (Phi) is 9.45. The second kappa shape index (κ2) is 9.98. The largest absolute Gasteiger partial charge is 0.391 e. The van der Waals surface area contributed by atoms with Gasteiger partial charge >= 0.3 is 0 Å². The molecule has 0 spiro atoms. The molecule has 0 bridgehead atoms. The van der Waals surface area contributed by atoms with Gasteiger partial charge in [-0.3, -0.25) is 14.4 Å². The Morgan fingerprint density at radius 1 is 1.08 bits per heavy atom. The molecule has 0 aliphatic carbocycles. The van der Waals surface area contributed by atoms with Gasteiger partial charge < -0.3 is 27.2 Å². The SMILES string of the molecule is CC(C)[C@H](N)C(=O)N[C@@H](CSC(C)(C)C)C(=O)N[C@H](C(N)=O)C(C)O. The van der Waals surface area contributed by atoms with Crippen molar-refractivity contribution in [1.82, 2.24) is 10.6 Å². The van der Waals surface area contributed by atoms with Crippen molar-refractivity contribution in [3.63, 3.8) is 0 Å². The highest BCUT2D eigenvalue weighted by molar-refractivity contribution is 8.00. The molecule has 0 aliphatic heterocycles. The van der Waals surface area contributed by atoms with E-state index in [1.165, 1.54) is 18.7 Å². The number of amides is 3. The van der Waals surface area contributed by atoms with Gasteiger partial charge in [0.15, 0.2) is 0 Å². The van der Waals surface area contributed by atoms with Gasteiger partial charge in [-0.2, -0.15) is 11.8 Å². The first-order valence-electron chi connectivity index (χ1n) is 8.24. The number of hydrogen-bond donors (Lipinski definition) is 5. The third-order valence-electron chi connectivity index (χ3n) is 3.42. The molecule has 0 radical (unpaired) electrons. The third-order valence-corrected chi connectivity index (χ3v) is 4.79. The van der Waals surface area contributed by atoms with Crippen LogP contribution in [0.3, 0.4) is 0 Å². The summed E-state index contributed by atoms with van der Waals surface area (Å²) in [6.45, 7) is 10.9. The topological polar surface area (TPSA) is 148 Å². The molecule has 3 amide bonds. The molecule has 0 aromatic heterocycles. The summed E-state index contributed by atoms with van der Waals surface area (Å²) in [7, 11) is 0. The van der Waals surface area contributed by atoms with Crippen LogP contribution in [-0.4, -0.2) is 57.6 Å². The Bertz CT molecular complexity index is 477. The zero-order chi connectivity index (χ0) is 19.9. The molecule has 8 nitrogen and oxygen atoms in total. The Morgan fingerprint density at radius 3 is 1.96 bits per heavy atom. The van der Waals surface area contributed by atoms with Gasteiger partial charge in [0.1, 0.15) is 12.1 Å². The van der Waals surface area contributed by atoms with Crippen molar-refractivity contribution >= 4 is 29.5 Å². The molecule has 0 saturated carbocycles. The minimum Gasteiger partial charge on any atom is -0.391 e. The van der Waals surface area contributed by atoms with Crippen LogP contribution in [0.1, 0.15) is 41.5 Å². The minimum absolute atomic E-state index is 0.0881. The number of nitrogens with one attached hydrogen (secondary N) is 2. The molecular formula is C16H32N4O4S. The van der Waals surface area contributed by atoms with Gasteiger partial charge in [0.25, 0.3) is 0 Å². The van der Waals surface area contributed by atoms with Gasteiger partial charge in [-0.05, 0) is 12.8 Å². The summed E-state index contributed by atoms with van der Waals surface area (Å²) in [5.41, 5.74) is 11.0. The highest BCUT2D eigenvalue weighted by Gasteiger charge is 2.30. The average Bonchev–Trinajstić information content (AvgIpc) is 2.45. The number of rotatable bonds is 9. The summed E-state index contributed by atoms with van der Waals surface area (Å²) in [4.78, 5) is 36.1. The summed E-state index contributed by atoms with van der Waals surface area (Å²) < 4.78 is -0.128. The van der Waals surface area contributed by atoms with Crippen molar-refractivity contribution in [2.24, 2.45) is 17.4 Å². The molecule has 7 N–H and O–H groups in total. The smallest absolute Gasteiger partial charge is 0.244 e. The molecule has 1 unspecified atom stereocenters. The standard InChI is InChI=1S/C16H32N4O4S/c1-8(2)11(17)15(24)19-10(7-25-16(4,5)6)14(23)20-12(9(3)21)13(18)22/h8-12,21H,7,17H2,1-6H3,(H2,18,22)(H,19,24)(H,20,23)/t9?,10-,11-,12-/m0/s1. The van der Waals surface area contributed by atoms with Gasteiger partial charge in [0.05, 0.1) is 12.1 Å². The van der Waals surface area contributed by atoms with E-state index < -0.39 is 42.0 Å². The van der Waals surface area contributed by atoms with E-state index in [2.05, 4.69) is 10.6 Å². The predicted molar refractivity (Wildman–Crippen MR) is 99.8 cm³/mol. The van der Waals surface area contributed by atoms with Gasteiger partial charge in [-0.25, -0.2) is 0 Å². The maximum absolute atomic E-state index is 12.5. The second-order valence-electron chi connectivity index (χ2n) is 7.38. The number of primary amides is 1. The molecule has 25 heavy (non-hydrogen) atoms. The van der Waals surface area contributed by atoms with Crippen LogP contribution in [0.25, 0.3) is 0 Å². The summed E-state index contributed by atoms with van der Waals surface area (Å²) in [5, 5.41) is 14.6. The van der Waals surface area contributed by atoms with Crippen molar-refractivity contribution in [1.29, 1.82) is 0 Å². The molecule has 0 aliphatic rings. The summed E-state index contributed by atoms with van der Waals surface area (Å²) >= 11 is 1.48. The fourth-order valence-electron chi connectivity index (χ4n) is 1.77. The maximum Gasteiger partial charge on any atom is 0.244 e. The van der Waals surface area contributed by atoms with Crippen LogP contribution in [0.4, 0.5) is 0 Å². The first kappa shape index (κ1) is 23.7. The number of aliphatic hydroxyl groups is 1. The molecule has 0 aromatic rings. The molecule has 4 atom stereocenters. The van der Waals surface area contributed by atoms with Gasteiger partial charge in [0.2, 0.25) is 17.7 Å². The Balaban J connectivity index is 5.19. The van der Waals surface area contributed by atoms with Crippen LogP contribution in [0.15, 0.2) is 0 Å². The lowest BCUT2D eigenvalue weighted by molar-refractivity contribution is -0.132. The average molecular weight is 377 g/mol. The summed E-state index contributed by atoms with van der Waals surface area (Å²) in [6, 6.07) is -2.88. The molecule has 9 heteroatoms. The van der Waals surface area contributed by atoms with E-state index in [1.54, 1.807) is 13.8 Å². The zero-order valence-corrected chi connectivity index (χ0v) is 16.6. The van der Waals surface area contributed by atoms with Crippen LogP contribution < -0.4 is 22.1 Å². The van der Waals surface area contributed by atoms with Crippen LogP contribution in [-0.2, 0) is 14.4 Å². The first-order valence-corrected chi connectivity index (χ1v) is 9.22. The number of thioether (sulfide) groups is 1. The number of aliphatic hydroxyl groups excluding tert-OH is 1. The number of nitrogens with two attached hydrogens (primary N) is 2. The van der Waals surface area contributed by atoms with Crippen molar-refractivity contribution in [2.75, 3.05) is 5.75 Å². The van der Waals surface area contributed by atoms with Crippen molar-refractivity contribution in [3.8, 4) is 0 Å². The van der Waals surface area contributed by atoms with E-state index >= 15 is 0 Å². The van der Waals surface area contributed by atoms with E-state index in [9.17, 15) is 19.5 Å². The molecule has 0 fully saturated rings. The van der Waals surface area contributed by atoms with E-state index in [4.69, 9.17) is 11.5 Å². The monoisotopic (exact) mass is 376 g/mol. The van der Waals surface area contributed by atoms with Gasteiger partial charge in [-0.15, -0.1) is 0 Å². The van der Waals surface area contributed by atoms with Gasteiger partial charge in [0, 0.05) is 10.5 Å². The normalized spacial score (nSPS) is 16.7. The summed E-state index contributed by atoms with van der Waals surface area (Å²) in [6.07, 6.45) is -1.15. The molecular weight excluding hydrogens is 344 g/mol. The van der Waals surface area contributed by atoms with Gasteiger partial charge in [-0.1, -0.05) is 34.6 Å². The zero-order valence-electron chi connectivity index (χ0n) is 15.8. The van der Waals surface area contributed by atoms with E-state index in [0.29, 0.717) is 0 Å². The Morgan fingerprint density at radius 2 is 1.60 bits per heavy atom. The maximum atomic E-state index is 12.5. The minimum atomic E-state index is -1.23. The molecule has 0 saturated heterocycles. The number of hydrogen-bond acceptors (Lipinski definition) is 6. The van der Waals surface area contributed by atoms with E-state index in [-0.39, 0.29) is 16.4 Å². The molecule has 0 aromatic carbocycles. The first-order chi connectivity index (χ1) is 11.3. The fourth-order valence-corrected chi connectivity index (χ4v) is 2.67. The lowest BCUT2D eigenvalue weighted by Crippen LogP contribution is -2.59. The van der Waals surface area contributed by atoms with Crippen LogP contribution >= 0.6 is 11.8 Å². The van der Waals surface area contributed by atoms with E-state index in [1.807, 2.05) is 20.8 Å².